The predicted octanol–water partition coefficient (Wildman–Crippen LogP) is 1.47. The maximum absolute atomic E-state index is 5.84. The molecule has 3 nitrogen and oxygen atoms in total. The van der Waals surface area contributed by atoms with Gasteiger partial charge >= 0.3 is 0 Å². The van der Waals surface area contributed by atoms with Crippen molar-refractivity contribution in [1.82, 2.24) is 4.90 Å². The molecule has 0 aromatic heterocycles. The molecular formula is C12H26N2O. The quantitative estimate of drug-likeness (QED) is 0.681. The number of nitrogens with two attached hydrogens (primary N) is 1. The first-order chi connectivity index (χ1) is 7.29. The molecule has 3 heteroatoms. The fraction of sp³-hybridized carbons (Fsp3) is 1.00. The van der Waals surface area contributed by atoms with Gasteiger partial charge in [0.1, 0.15) is 0 Å². The lowest BCUT2D eigenvalue weighted by Crippen LogP contribution is -2.49. The molecule has 0 aliphatic carbocycles. The summed E-state index contributed by atoms with van der Waals surface area (Å²) in [4.78, 5) is 2.55. The molecule has 1 heterocycles. The second kappa shape index (κ2) is 7.20. The molecule has 15 heavy (non-hydrogen) atoms. The van der Waals surface area contributed by atoms with E-state index < -0.39 is 0 Å². The SMILES string of the molecule is CCOCCCN1CCCC(C)C1CN. The van der Waals surface area contributed by atoms with E-state index in [9.17, 15) is 0 Å². The highest BCUT2D eigenvalue weighted by molar-refractivity contribution is 4.82. The molecule has 2 atom stereocenters. The van der Waals surface area contributed by atoms with E-state index in [-0.39, 0.29) is 0 Å². The highest BCUT2D eigenvalue weighted by Crippen LogP contribution is 2.22. The van der Waals surface area contributed by atoms with E-state index in [1.165, 1.54) is 19.4 Å². The minimum atomic E-state index is 0.598. The highest BCUT2D eigenvalue weighted by atomic mass is 16.5. The Morgan fingerprint density at radius 1 is 1.47 bits per heavy atom. The van der Waals surface area contributed by atoms with Gasteiger partial charge in [0.25, 0.3) is 0 Å². The van der Waals surface area contributed by atoms with Gasteiger partial charge in [-0.3, -0.25) is 4.90 Å². The number of hydrogen-bond acceptors (Lipinski definition) is 3. The average Bonchev–Trinajstić information content (AvgIpc) is 2.24. The summed E-state index contributed by atoms with van der Waals surface area (Å²) in [6.45, 7) is 9.26. The largest absolute Gasteiger partial charge is 0.382 e. The van der Waals surface area contributed by atoms with Crippen molar-refractivity contribution >= 4 is 0 Å². The van der Waals surface area contributed by atoms with E-state index in [0.717, 1.165) is 38.6 Å². The van der Waals surface area contributed by atoms with Crippen molar-refractivity contribution in [2.75, 3.05) is 32.8 Å². The van der Waals surface area contributed by atoms with Crippen molar-refractivity contribution in [3.05, 3.63) is 0 Å². The zero-order valence-electron chi connectivity index (χ0n) is 10.2. The van der Waals surface area contributed by atoms with E-state index in [4.69, 9.17) is 10.5 Å². The van der Waals surface area contributed by atoms with E-state index in [2.05, 4.69) is 11.8 Å². The molecule has 0 saturated carbocycles. The number of ether oxygens (including phenoxy) is 1. The summed E-state index contributed by atoms with van der Waals surface area (Å²) < 4.78 is 5.36. The molecule has 0 aromatic rings. The standard InChI is InChI=1S/C12H26N2O/c1-3-15-9-5-8-14-7-4-6-11(2)12(14)10-13/h11-12H,3-10,13H2,1-2H3. The van der Waals surface area contributed by atoms with Crippen LogP contribution in [-0.2, 0) is 4.74 Å². The Balaban J connectivity index is 2.25. The average molecular weight is 214 g/mol. The third kappa shape index (κ3) is 4.09. The molecule has 0 radical (unpaired) electrons. The van der Waals surface area contributed by atoms with Gasteiger partial charge in [-0.2, -0.15) is 0 Å². The molecule has 0 bridgehead atoms. The van der Waals surface area contributed by atoms with Crippen LogP contribution in [0.1, 0.15) is 33.1 Å². The first-order valence-corrected chi connectivity index (χ1v) is 6.31. The molecule has 1 aliphatic heterocycles. The summed E-state index contributed by atoms with van der Waals surface area (Å²) in [5.74, 6) is 0.760. The van der Waals surface area contributed by atoms with Crippen LogP contribution in [-0.4, -0.2) is 43.8 Å². The normalized spacial score (nSPS) is 28.2. The van der Waals surface area contributed by atoms with Crippen LogP contribution >= 0.6 is 0 Å². The zero-order valence-corrected chi connectivity index (χ0v) is 10.2. The van der Waals surface area contributed by atoms with E-state index >= 15 is 0 Å². The first kappa shape index (κ1) is 12.9. The van der Waals surface area contributed by atoms with Crippen LogP contribution in [0.3, 0.4) is 0 Å². The fourth-order valence-electron chi connectivity index (χ4n) is 2.51. The third-order valence-corrected chi connectivity index (χ3v) is 3.41. The van der Waals surface area contributed by atoms with Crippen LogP contribution < -0.4 is 5.73 Å². The Bertz CT molecular complexity index is 164. The molecule has 1 saturated heterocycles. The topological polar surface area (TPSA) is 38.5 Å². The predicted molar refractivity (Wildman–Crippen MR) is 63.9 cm³/mol. The van der Waals surface area contributed by atoms with Crippen LogP contribution in [0, 0.1) is 5.92 Å². The fourth-order valence-corrected chi connectivity index (χ4v) is 2.51. The lowest BCUT2D eigenvalue weighted by Gasteiger charge is -2.39. The highest BCUT2D eigenvalue weighted by Gasteiger charge is 2.26. The van der Waals surface area contributed by atoms with Gasteiger partial charge in [-0.25, -0.2) is 0 Å². The van der Waals surface area contributed by atoms with Gasteiger partial charge in [-0.15, -0.1) is 0 Å². The number of rotatable bonds is 6. The van der Waals surface area contributed by atoms with Gasteiger partial charge in [0, 0.05) is 32.3 Å². The third-order valence-electron chi connectivity index (χ3n) is 3.41. The molecule has 1 rings (SSSR count). The second-order valence-electron chi connectivity index (χ2n) is 4.51. The van der Waals surface area contributed by atoms with Crippen molar-refractivity contribution in [3.63, 3.8) is 0 Å². The van der Waals surface area contributed by atoms with E-state index in [0.29, 0.717) is 6.04 Å². The summed E-state index contributed by atoms with van der Waals surface area (Å²) in [5, 5.41) is 0. The van der Waals surface area contributed by atoms with Crippen molar-refractivity contribution in [3.8, 4) is 0 Å². The number of piperidine rings is 1. The van der Waals surface area contributed by atoms with E-state index in [1.54, 1.807) is 0 Å². The number of likely N-dealkylation sites (tertiary alicyclic amines) is 1. The Labute approximate surface area is 94.0 Å². The minimum absolute atomic E-state index is 0.598. The second-order valence-corrected chi connectivity index (χ2v) is 4.51. The summed E-state index contributed by atoms with van der Waals surface area (Å²) in [6.07, 6.45) is 3.80. The van der Waals surface area contributed by atoms with Gasteiger partial charge in [-0.1, -0.05) is 6.92 Å². The van der Waals surface area contributed by atoms with Gasteiger partial charge in [0.15, 0.2) is 0 Å². The molecule has 90 valence electrons. The Hall–Kier alpha value is -0.120. The van der Waals surface area contributed by atoms with Gasteiger partial charge < -0.3 is 10.5 Å². The number of hydrogen-bond donors (Lipinski definition) is 1. The van der Waals surface area contributed by atoms with E-state index in [1.807, 2.05) is 6.92 Å². The van der Waals surface area contributed by atoms with Crippen molar-refractivity contribution in [2.24, 2.45) is 11.7 Å². The Kier molecular flexibility index (Phi) is 6.22. The van der Waals surface area contributed by atoms with Gasteiger partial charge in [0.2, 0.25) is 0 Å². The molecule has 2 N–H and O–H groups in total. The molecule has 0 amide bonds. The summed E-state index contributed by atoms with van der Waals surface area (Å²) in [7, 11) is 0. The lowest BCUT2D eigenvalue weighted by molar-refractivity contribution is 0.0834. The first-order valence-electron chi connectivity index (χ1n) is 6.31. The zero-order chi connectivity index (χ0) is 11.1. The van der Waals surface area contributed by atoms with Crippen molar-refractivity contribution < 1.29 is 4.74 Å². The van der Waals surface area contributed by atoms with Crippen LogP contribution in [0.25, 0.3) is 0 Å². The summed E-state index contributed by atoms with van der Waals surface area (Å²) >= 11 is 0. The Morgan fingerprint density at radius 2 is 2.27 bits per heavy atom. The molecular weight excluding hydrogens is 188 g/mol. The lowest BCUT2D eigenvalue weighted by atomic mass is 9.91. The molecule has 1 fully saturated rings. The maximum atomic E-state index is 5.84. The Morgan fingerprint density at radius 3 is 2.93 bits per heavy atom. The van der Waals surface area contributed by atoms with Gasteiger partial charge in [-0.05, 0) is 38.6 Å². The van der Waals surface area contributed by atoms with Crippen LogP contribution in [0.2, 0.25) is 0 Å². The molecule has 0 spiro atoms. The minimum Gasteiger partial charge on any atom is -0.382 e. The van der Waals surface area contributed by atoms with Crippen LogP contribution in [0.4, 0.5) is 0 Å². The smallest absolute Gasteiger partial charge is 0.0478 e. The molecule has 1 aliphatic rings. The summed E-state index contributed by atoms with van der Waals surface area (Å²) in [5.41, 5.74) is 5.84. The molecule has 0 aromatic carbocycles. The number of nitrogens with zero attached hydrogens (tertiary/aromatic N) is 1. The summed E-state index contributed by atoms with van der Waals surface area (Å²) in [6, 6.07) is 0.598. The van der Waals surface area contributed by atoms with Gasteiger partial charge in [0.05, 0.1) is 0 Å². The maximum Gasteiger partial charge on any atom is 0.0478 e. The van der Waals surface area contributed by atoms with Crippen LogP contribution in [0.15, 0.2) is 0 Å². The molecule has 2 unspecified atom stereocenters. The van der Waals surface area contributed by atoms with Crippen molar-refractivity contribution in [1.29, 1.82) is 0 Å². The van der Waals surface area contributed by atoms with Crippen molar-refractivity contribution in [2.45, 2.75) is 39.2 Å². The van der Waals surface area contributed by atoms with Crippen LogP contribution in [0.5, 0.6) is 0 Å². The monoisotopic (exact) mass is 214 g/mol.